The predicted octanol–water partition coefficient (Wildman–Crippen LogP) is 6.93. The molecule has 3 unspecified atom stereocenters. The first kappa shape index (κ1) is 39.2. The summed E-state index contributed by atoms with van der Waals surface area (Å²) >= 11 is 6.99. The first-order valence-corrected chi connectivity index (χ1v) is 18.9. The smallest absolute Gasteiger partial charge is 0.303 e. The molecule has 2 heterocycles. The van der Waals surface area contributed by atoms with Crippen LogP contribution in [0.1, 0.15) is 111 Å². The Kier molecular flexibility index (Phi) is 18.7. The van der Waals surface area contributed by atoms with Gasteiger partial charge in [0.15, 0.2) is 12.6 Å². The Labute approximate surface area is 271 Å². The summed E-state index contributed by atoms with van der Waals surface area (Å²) in [6.45, 7) is 8.08. The quantitative estimate of drug-likeness (QED) is 0.103. The van der Waals surface area contributed by atoms with Crippen LogP contribution in [0, 0.1) is 17.8 Å². The molecule has 0 spiro atoms. The third kappa shape index (κ3) is 17.1. The van der Waals surface area contributed by atoms with Crippen LogP contribution in [0.5, 0.6) is 0 Å². The highest BCUT2D eigenvalue weighted by Gasteiger charge is 2.42. The van der Waals surface area contributed by atoms with Crippen molar-refractivity contribution in [1.82, 2.24) is 0 Å². The van der Waals surface area contributed by atoms with E-state index in [1.165, 1.54) is 5.57 Å². The van der Waals surface area contributed by atoms with Gasteiger partial charge in [-0.25, -0.2) is 13.6 Å². The highest BCUT2D eigenvalue weighted by Crippen LogP contribution is 2.43. The van der Waals surface area contributed by atoms with Gasteiger partial charge in [-0.15, -0.1) is 11.6 Å². The molecule has 0 aromatic rings. The molecular formula is C33H58ClNO8S. The molecule has 8 atom stereocenters. The number of carbonyl (C=O) groups is 1. The predicted molar refractivity (Wildman–Crippen MR) is 175 cm³/mol. The lowest BCUT2D eigenvalue weighted by atomic mass is 9.88. The summed E-state index contributed by atoms with van der Waals surface area (Å²) in [6.07, 6.45) is 20.7. The van der Waals surface area contributed by atoms with Crippen LogP contribution in [0.15, 0.2) is 23.8 Å². The number of hydrogen-bond acceptors (Lipinski definition) is 7. The Bertz CT molecular complexity index is 966. The number of halogens is 1. The van der Waals surface area contributed by atoms with Crippen molar-refractivity contribution in [2.24, 2.45) is 22.9 Å². The van der Waals surface area contributed by atoms with E-state index in [9.17, 15) is 13.2 Å². The van der Waals surface area contributed by atoms with E-state index in [1.54, 1.807) is 0 Å². The molecule has 0 aromatic heterocycles. The van der Waals surface area contributed by atoms with E-state index in [1.807, 2.05) is 0 Å². The lowest BCUT2D eigenvalue weighted by molar-refractivity contribution is -0.193. The number of ether oxygens (including phenoxy) is 4. The highest BCUT2D eigenvalue weighted by molar-refractivity contribution is 7.88. The SMILES string of the molecule is CC(C)=CCC(C)[C@@H](/C=C/[C@@H]1[C@@H](CCCCCCC(=O)O)[C@H](Cl)C[C@H]1OC1CCCCO1)OC1CCCCO1.CS(N)(=O)=O. The number of allylic oxidation sites excluding steroid dienone is 2. The van der Waals surface area contributed by atoms with E-state index in [2.05, 4.69) is 44.1 Å². The molecule has 256 valence electrons. The second-order valence-electron chi connectivity index (χ2n) is 12.9. The van der Waals surface area contributed by atoms with Crippen LogP contribution in [0.25, 0.3) is 0 Å². The molecule has 0 amide bonds. The van der Waals surface area contributed by atoms with Crippen LogP contribution in [0.3, 0.4) is 0 Å². The Morgan fingerprint density at radius 1 is 1.05 bits per heavy atom. The topological polar surface area (TPSA) is 134 Å². The van der Waals surface area contributed by atoms with Crippen molar-refractivity contribution in [3.05, 3.63) is 23.8 Å². The van der Waals surface area contributed by atoms with Gasteiger partial charge in [0.25, 0.3) is 0 Å². The lowest BCUT2D eigenvalue weighted by Crippen LogP contribution is -2.32. The second kappa shape index (κ2) is 21.0. The normalized spacial score (nSPS) is 29.0. The van der Waals surface area contributed by atoms with Crippen molar-refractivity contribution in [3.8, 4) is 0 Å². The zero-order chi connectivity index (χ0) is 32.5. The van der Waals surface area contributed by atoms with E-state index in [4.69, 9.17) is 35.7 Å². The molecule has 0 bridgehead atoms. The molecule has 3 rings (SSSR count). The maximum absolute atomic E-state index is 10.8. The number of sulfonamides is 1. The van der Waals surface area contributed by atoms with Gasteiger partial charge in [0, 0.05) is 30.9 Å². The molecule has 1 aliphatic carbocycles. The minimum atomic E-state index is -3.17. The monoisotopic (exact) mass is 663 g/mol. The molecule has 44 heavy (non-hydrogen) atoms. The van der Waals surface area contributed by atoms with Crippen LogP contribution >= 0.6 is 11.6 Å². The average molecular weight is 664 g/mol. The van der Waals surface area contributed by atoms with E-state index in [-0.39, 0.29) is 42.5 Å². The fourth-order valence-electron chi connectivity index (χ4n) is 6.04. The number of carboxylic acids is 1. The summed E-state index contributed by atoms with van der Waals surface area (Å²) in [5, 5.41) is 13.3. The molecule has 3 N–H and O–H groups in total. The van der Waals surface area contributed by atoms with E-state index in [0.29, 0.717) is 11.8 Å². The third-order valence-electron chi connectivity index (χ3n) is 8.42. The number of alkyl halides is 1. The zero-order valence-corrected chi connectivity index (χ0v) is 28.9. The van der Waals surface area contributed by atoms with Gasteiger partial charge in [-0.3, -0.25) is 4.79 Å². The van der Waals surface area contributed by atoms with Crippen molar-refractivity contribution in [2.45, 2.75) is 141 Å². The third-order valence-corrected chi connectivity index (χ3v) is 8.92. The van der Waals surface area contributed by atoms with Gasteiger partial charge in [-0.1, -0.05) is 50.0 Å². The summed E-state index contributed by atoms with van der Waals surface area (Å²) in [4.78, 5) is 10.8. The van der Waals surface area contributed by atoms with Crippen LogP contribution in [0.2, 0.25) is 0 Å². The van der Waals surface area contributed by atoms with Crippen LogP contribution in [-0.4, -0.2) is 69.1 Å². The van der Waals surface area contributed by atoms with Gasteiger partial charge in [0.2, 0.25) is 10.0 Å². The Morgan fingerprint density at radius 2 is 1.66 bits per heavy atom. The molecule has 2 saturated heterocycles. The van der Waals surface area contributed by atoms with Gasteiger partial charge >= 0.3 is 5.97 Å². The Hall–Kier alpha value is -1.01. The molecule has 0 aromatic carbocycles. The zero-order valence-electron chi connectivity index (χ0n) is 27.3. The molecule has 3 aliphatic rings. The summed E-state index contributed by atoms with van der Waals surface area (Å²) < 4.78 is 43.8. The molecule has 3 fully saturated rings. The van der Waals surface area contributed by atoms with Crippen LogP contribution < -0.4 is 5.14 Å². The first-order valence-electron chi connectivity index (χ1n) is 16.5. The first-order chi connectivity index (χ1) is 20.8. The van der Waals surface area contributed by atoms with Gasteiger partial charge in [0.05, 0.1) is 18.5 Å². The molecule has 2 aliphatic heterocycles. The summed E-state index contributed by atoms with van der Waals surface area (Å²) in [5.41, 5.74) is 1.32. The maximum Gasteiger partial charge on any atom is 0.303 e. The van der Waals surface area contributed by atoms with E-state index < -0.39 is 16.0 Å². The van der Waals surface area contributed by atoms with E-state index in [0.717, 1.165) is 103 Å². The van der Waals surface area contributed by atoms with Gasteiger partial charge in [0.1, 0.15) is 0 Å². The van der Waals surface area contributed by atoms with Crippen molar-refractivity contribution in [3.63, 3.8) is 0 Å². The van der Waals surface area contributed by atoms with Gasteiger partial charge in [-0.2, -0.15) is 0 Å². The number of unbranched alkanes of at least 4 members (excludes halogenated alkanes) is 3. The number of hydrogen-bond donors (Lipinski definition) is 2. The summed E-state index contributed by atoms with van der Waals surface area (Å²) in [6, 6.07) is 0. The average Bonchev–Trinajstić information content (AvgIpc) is 3.24. The summed E-state index contributed by atoms with van der Waals surface area (Å²) in [5.74, 6) is 0.126. The molecule has 9 nitrogen and oxygen atoms in total. The standard InChI is InChI=1S/C32H53ClO6.CH5NO2S/c1-23(2)16-17-24(3)28(38-31-14-8-10-20-36-31)19-18-26-25(12-6-4-5-7-13-30(34)35)27(33)22-29(26)39-32-15-9-11-21-37-32;1-5(2,3)4/h16,18-19,24-29,31-32H,4-15,17,20-22H2,1-3H3,(H,34,35);1H3,(H2,2,3,4)/b19-18+;/t24?,25-,26-,27-,28-,29-,31?,32?;/m1./s1. The molecular weight excluding hydrogens is 606 g/mol. The van der Waals surface area contributed by atoms with Crippen molar-refractivity contribution < 1.29 is 37.3 Å². The highest BCUT2D eigenvalue weighted by atomic mass is 35.5. The maximum atomic E-state index is 10.8. The molecule has 11 heteroatoms. The largest absolute Gasteiger partial charge is 0.481 e. The summed E-state index contributed by atoms with van der Waals surface area (Å²) in [7, 11) is -3.17. The fourth-order valence-corrected chi connectivity index (χ4v) is 6.51. The number of carboxylic acid groups (broad SMARTS) is 1. The molecule has 1 saturated carbocycles. The fraction of sp³-hybridized carbons (Fsp3) is 0.848. The van der Waals surface area contributed by atoms with Crippen molar-refractivity contribution in [1.29, 1.82) is 0 Å². The number of nitrogens with two attached hydrogens (primary N) is 1. The van der Waals surface area contributed by atoms with Gasteiger partial charge in [-0.05, 0) is 89.9 Å². The van der Waals surface area contributed by atoms with Crippen LogP contribution in [-0.2, 0) is 33.8 Å². The van der Waals surface area contributed by atoms with Crippen molar-refractivity contribution >= 4 is 27.6 Å². The second-order valence-corrected chi connectivity index (χ2v) is 15.1. The van der Waals surface area contributed by atoms with Gasteiger partial charge < -0.3 is 24.1 Å². The number of aliphatic carboxylic acids is 1. The minimum absolute atomic E-state index is 0.0310. The van der Waals surface area contributed by atoms with Crippen LogP contribution in [0.4, 0.5) is 0 Å². The molecule has 0 radical (unpaired) electrons. The Balaban J connectivity index is 0.00000125. The lowest BCUT2D eigenvalue weighted by Gasteiger charge is -2.31. The van der Waals surface area contributed by atoms with E-state index >= 15 is 0 Å². The number of rotatable bonds is 16. The number of primary sulfonamides is 1. The minimum Gasteiger partial charge on any atom is -0.481 e. The van der Waals surface area contributed by atoms with Crippen molar-refractivity contribution in [2.75, 3.05) is 19.5 Å². The Morgan fingerprint density at radius 3 is 2.23 bits per heavy atom.